The Morgan fingerprint density at radius 3 is 1.57 bits per heavy atom. The van der Waals surface area contributed by atoms with Crippen LogP contribution in [0.25, 0.3) is 0 Å². The van der Waals surface area contributed by atoms with E-state index in [1.165, 1.54) is 12.0 Å². The van der Waals surface area contributed by atoms with Gasteiger partial charge in [0, 0.05) is 0 Å². The largest absolute Gasteiger partial charge is 0.0649 e. The van der Waals surface area contributed by atoms with Crippen LogP contribution in [0, 0.1) is 5.41 Å². The van der Waals surface area contributed by atoms with Crippen LogP contribution in [0.2, 0.25) is 0 Å². The van der Waals surface area contributed by atoms with E-state index in [1.54, 1.807) is 0 Å². The van der Waals surface area contributed by atoms with Crippen molar-refractivity contribution in [1.29, 1.82) is 0 Å². The standard InChI is InChI=1S/C8H10.C6H14/c1-2-8-6-4-3-5-7-8;1-5-6(2,3)4/h3-7H,2H2,1H3;5H2,1-4H3. The molecular weight excluding hydrogens is 168 g/mol. The fourth-order valence-electron chi connectivity index (χ4n) is 0.714. The van der Waals surface area contributed by atoms with Crippen molar-refractivity contribution in [3.63, 3.8) is 0 Å². The first kappa shape index (κ1) is 13.2. The molecule has 1 aromatic carbocycles. The van der Waals surface area contributed by atoms with Crippen LogP contribution in [0.5, 0.6) is 0 Å². The monoisotopic (exact) mass is 192 g/mol. The van der Waals surface area contributed by atoms with E-state index < -0.39 is 0 Å². The van der Waals surface area contributed by atoms with Crippen molar-refractivity contribution in [3.8, 4) is 0 Å². The molecule has 0 saturated heterocycles. The van der Waals surface area contributed by atoms with Crippen LogP contribution in [0.1, 0.15) is 46.6 Å². The van der Waals surface area contributed by atoms with Crippen LogP contribution in [-0.4, -0.2) is 0 Å². The number of hydrogen-bond donors (Lipinski definition) is 0. The van der Waals surface area contributed by atoms with E-state index in [0.29, 0.717) is 5.41 Å². The Kier molecular flexibility index (Phi) is 6.27. The van der Waals surface area contributed by atoms with Gasteiger partial charge >= 0.3 is 0 Å². The molecule has 0 aliphatic rings. The summed E-state index contributed by atoms with van der Waals surface area (Å²) in [6, 6.07) is 10.5. The van der Waals surface area contributed by atoms with Gasteiger partial charge in [0.15, 0.2) is 0 Å². The summed E-state index contributed by atoms with van der Waals surface area (Å²) < 4.78 is 0. The Morgan fingerprint density at radius 1 is 0.929 bits per heavy atom. The van der Waals surface area contributed by atoms with Gasteiger partial charge in [-0.1, -0.05) is 71.4 Å². The predicted octanol–water partition coefficient (Wildman–Crippen LogP) is 4.69. The highest BCUT2D eigenvalue weighted by molar-refractivity contribution is 5.13. The van der Waals surface area contributed by atoms with Gasteiger partial charge in [-0.2, -0.15) is 0 Å². The van der Waals surface area contributed by atoms with Crippen molar-refractivity contribution in [3.05, 3.63) is 35.9 Å². The van der Waals surface area contributed by atoms with Gasteiger partial charge in [0.25, 0.3) is 0 Å². The van der Waals surface area contributed by atoms with E-state index in [1.807, 2.05) is 6.07 Å². The molecule has 0 bridgehead atoms. The molecule has 0 N–H and O–H groups in total. The molecular formula is C14H24. The minimum atomic E-state index is 0.542. The lowest BCUT2D eigenvalue weighted by Crippen LogP contribution is -2.00. The summed E-state index contributed by atoms with van der Waals surface area (Å²) in [5.41, 5.74) is 1.95. The van der Waals surface area contributed by atoms with Crippen LogP contribution < -0.4 is 0 Å². The first-order valence-electron chi connectivity index (χ1n) is 5.53. The molecule has 80 valence electrons. The van der Waals surface area contributed by atoms with Crippen LogP contribution in [0.3, 0.4) is 0 Å². The second-order valence-electron chi connectivity index (χ2n) is 4.75. The third-order valence-corrected chi connectivity index (χ3v) is 2.31. The van der Waals surface area contributed by atoms with E-state index in [-0.39, 0.29) is 0 Å². The zero-order chi connectivity index (χ0) is 11.0. The first-order chi connectivity index (χ1) is 6.49. The summed E-state index contributed by atoms with van der Waals surface area (Å²) in [6.45, 7) is 11.1. The Hall–Kier alpha value is -0.780. The lowest BCUT2D eigenvalue weighted by molar-refractivity contribution is 0.398. The molecule has 0 aliphatic heterocycles. The van der Waals surface area contributed by atoms with Crippen LogP contribution in [-0.2, 0) is 6.42 Å². The lowest BCUT2D eigenvalue weighted by atomic mass is 9.94. The molecule has 14 heavy (non-hydrogen) atoms. The van der Waals surface area contributed by atoms with Crippen LogP contribution >= 0.6 is 0 Å². The van der Waals surface area contributed by atoms with Crippen molar-refractivity contribution >= 4 is 0 Å². The summed E-state index contributed by atoms with van der Waals surface area (Å²) in [4.78, 5) is 0. The second-order valence-corrected chi connectivity index (χ2v) is 4.75. The number of rotatable bonds is 1. The molecule has 0 spiro atoms. The molecule has 0 atom stereocenters. The Bertz CT molecular complexity index is 216. The fraction of sp³-hybridized carbons (Fsp3) is 0.571. The zero-order valence-corrected chi connectivity index (χ0v) is 10.3. The second kappa shape index (κ2) is 6.64. The molecule has 0 fully saturated rings. The zero-order valence-electron chi connectivity index (χ0n) is 10.3. The molecule has 0 heterocycles. The lowest BCUT2D eigenvalue weighted by Gasteiger charge is -2.12. The molecule has 0 aliphatic carbocycles. The summed E-state index contributed by atoms with van der Waals surface area (Å²) in [5.74, 6) is 0. The average molecular weight is 192 g/mol. The molecule has 0 saturated carbocycles. The Balaban J connectivity index is 0.000000255. The van der Waals surface area contributed by atoms with Gasteiger partial charge < -0.3 is 0 Å². The van der Waals surface area contributed by atoms with Crippen molar-refractivity contribution in [2.24, 2.45) is 5.41 Å². The van der Waals surface area contributed by atoms with E-state index >= 15 is 0 Å². The number of hydrogen-bond acceptors (Lipinski definition) is 0. The summed E-state index contributed by atoms with van der Waals surface area (Å²) in [5, 5.41) is 0. The van der Waals surface area contributed by atoms with Gasteiger partial charge in [-0.3, -0.25) is 0 Å². The van der Waals surface area contributed by atoms with Gasteiger partial charge in [-0.25, -0.2) is 0 Å². The maximum Gasteiger partial charge on any atom is -0.0307 e. The van der Waals surface area contributed by atoms with Gasteiger partial charge in [0.2, 0.25) is 0 Å². The quantitative estimate of drug-likeness (QED) is 0.605. The molecule has 1 rings (SSSR count). The molecule has 0 nitrogen and oxygen atoms in total. The highest BCUT2D eigenvalue weighted by atomic mass is 14.1. The van der Waals surface area contributed by atoms with Gasteiger partial charge in [-0.05, 0) is 17.4 Å². The maximum absolute atomic E-state index is 2.24. The van der Waals surface area contributed by atoms with Crippen molar-refractivity contribution in [2.75, 3.05) is 0 Å². The number of benzene rings is 1. The average Bonchev–Trinajstić information content (AvgIpc) is 2.19. The molecule has 0 radical (unpaired) electrons. The normalized spacial score (nSPS) is 10.4. The summed E-state index contributed by atoms with van der Waals surface area (Å²) in [7, 11) is 0. The van der Waals surface area contributed by atoms with Crippen molar-refractivity contribution in [1.82, 2.24) is 0 Å². The fourth-order valence-corrected chi connectivity index (χ4v) is 0.714. The van der Waals surface area contributed by atoms with Gasteiger partial charge in [0.05, 0.1) is 0 Å². The van der Waals surface area contributed by atoms with E-state index in [9.17, 15) is 0 Å². The molecule has 0 heteroatoms. The van der Waals surface area contributed by atoms with Crippen molar-refractivity contribution in [2.45, 2.75) is 47.5 Å². The minimum Gasteiger partial charge on any atom is -0.0649 e. The highest BCUT2D eigenvalue weighted by Crippen LogP contribution is 2.16. The van der Waals surface area contributed by atoms with Crippen molar-refractivity contribution < 1.29 is 0 Å². The SMILES string of the molecule is CCC(C)(C)C.CCc1ccccc1. The molecule has 0 aromatic heterocycles. The highest BCUT2D eigenvalue weighted by Gasteiger charge is 2.03. The minimum absolute atomic E-state index is 0.542. The van der Waals surface area contributed by atoms with Crippen LogP contribution in [0.4, 0.5) is 0 Å². The van der Waals surface area contributed by atoms with E-state index in [4.69, 9.17) is 0 Å². The Morgan fingerprint density at radius 2 is 1.36 bits per heavy atom. The van der Waals surface area contributed by atoms with Gasteiger partial charge in [-0.15, -0.1) is 0 Å². The van der Waals surface area contributed by atoms with Gasteiger partial charge in [0.1, 0.15) is 0 Å². The molecule has 0 unspecified atom stereocenters. The van der Waals surface area contributed by atoms with E-state index in [0.717, 1.165) is 6.42 Å². The maximum atomic E-state index is 2.24. The summed E-state index contributed by atoms with van der Waals surface area (Å²) in [6.07, 6.45) is 2.41. The smallest absolute Gasteiger partial charge is 0.0307 e. The first-order valence-corrected chi connectivity index (χ1v) is 5.53. The predicted molar refractivity (Wildman–Crippen MR) is 65.6 cm³/mol. The third kappa shape index (κ3) is 7.85. The Labute approximate surface area is 89.4 Å². The third-order valence-electron chi connectivity index (χ3n) is 2.31. The molecule has 1 aromatic rings. The molecule has 0 amide bonds. The topological polar surface area (TPSA) is 0 Å². The van der Waals surface area contributed by atoms with E-state index in [2.05, 4.69) is 58.9 Å². The number of aryl methyl sites for hydroxylation is 1. The summed E-state index contributed by atoms with van der Waals surface area (Å²) >= 11 is 0. The van der Waals surface area contributed by atoms with Crippen LogP contribution in [0.15, 0.2) is 30.3 Å².